The van der Waals surface area contributed by atoms with E-state index in [1.165, 1.54) is 6.92 Å². The van der Waals surface area contributed by atoms with Crippen molar-refractivity contribution in [3.8, 4) is 0 Å². The van der Waals surface area contributed by atoms with E-state index in [9.17, 15) is 19.8 Å². The third kappa shape index (κ3) is 3.07. The number of hydrogen-bond acceptors (Lipinski definition) is 11. The van der Waals surface area contributed by atoms with Crippen LogP contribution in [0.4, 0.5) is 0 Å². The van der Waals surface area contributed by atoms with E-state index >= 15 is 0 Å². The normalized spacial score (nSPS) is 59.2. The van der Waals surface area contributed by atoms with Gasteiger partial charge in [0, 0.05) is 43.9 Å². The molecule has 1 unspecified atom stereocenters. The lowest BCUT2D eigenvalue weighted by molar-refractivity contribution is -0.436. The van der Waals surface area contributed by atoms with Gasteiger partial charge in [-0.2, -0.15) is 0 Å². The SMILES string of the molecule is C=C(C)[C@@]12O[C@@]34CCCCCCC[C@@H](C)[C@@H]5C6[C@](O3)([C@H]([C@H]1O4)[C@@H]1O[C@]1(CO)[C@@H](O)[C@@]61O[C@]5(C)OC1=O)[C@H](C)[C@H]2OC(C)=O. The first-order valence-electron chi connectivity index (χ1n) is 16.1. The number of aliphatic hydroxyl groups excluding tert-OH is 2. The summed E-state index contributed by atoms with van der Waals surface area (Å²) in [5, 5.41) is 23.2. The minimum absolute atomic E-state index is 0.0153. The summed E-state index contributed by atoms with van der Waals surface area (Å²) in [4.78, 5) is 26.9. The Morgan fingerprint density at radius 3 is 2.44 bits per heavy atom. The third-order valence-corrected chi connectivity index (χ3v) is 12.6. The molecule has 3 spiro atoms. The summed E-state index contributed by atoms with van der Waals surface area (Å²) in [5.74, 6) is -6.35. The lowest BCUT2D eigenvalue weighted by Crippen LogP contribution is -2.78. The summed E-state index contributed by atoms with van der Waals surface area (Å²) in [6.07, 6.45) is 2.20. The molecule has 8 rings (SSSR count). The van der Waals surface area contributed by atoms with Gasteiger partial charge >= 0.3 is 11.9 Å². The van der Waals surface area contributed by atoms with Crippen LogP contribution in [0.5, 0.6) is 0 Å². The van der Waals surface area contributed by atoms with Gasteiger partial charge in [0.25, 0.3) is 5.97 Å². The highest BCUT2D eigenvalue weighted by Gasteiger charge is 2.95. The van der Waals surface area contributed by atoms with E-state index in [4.69, 9.17) is 33.2 Å². The van der Waals surface area contributed by atoms with Gasteiger partial charge in [-0.25, -0.2) is 4.79 Å². The van der Waals surface area contributed by atoms with Gasteiger partial charge in [0.1, 0.15) is 30.0 Å². The molecule has 15 atom stereocenters. The highest BCUT2D eigenvalue weighted by molar-refractivity contribution is 5.86. The Bertz CT molecular complexity index is 1290. The molecule has 0 aromatic heterocycles. The van der Waals surface area contributed by atoms with Crippen LogP contribution >= 0.6 is 0 Å². The monoisotopic (exact) mass is 604 g/mol. The number of rotatable bonds is 3. The lowest BCUT2D eigenvalue weighted by atomic mass is 9.49. The quantitative estimate of drug-likeness (QED) is 0.279. The fraction of sp³-hybridized carbons (Fsp3) is 0.875. The molecule has 5 bridgehead atoms. The molecule has 238 valence electrons. The van der Waals surface area contributed by atoms with Gasteiger partial charge in [-0.3, -0.25) is 4.79 Å². The van der Waals surface area contributed by atoms with Crippen molar-refractivity contribution in [1.82, 2.24) is 0 Å². The second kappa shape index (κ2) is 8.60. The fourth-order valence-corrected chi connectivity index (χ4v) is 11.1. The number of epoxide rings is 1. The van der Waals surface area contributed by atoms with Gasteiger partial charge in [0.05, 0.1) is 12.2 Å². The largest absolute Gasteiger partial charge is 0.459 e. The van der Waals surface area contributed by atoms with Gasteiger partial charge in [-0.15, -0.1) is 0 Å². The predicted molar refractivity (Wildman–Crippen MR) is 146 cm³/mol. The van der Waals surface area contributed by atoms with Crippen molar-refractivity contribution >= 4 is 11.9 Å². The molecule has 2 saturated carbocycles. The van der Waals surface area contributed by atoms with Crippen molar-refractivity contribution in [1.29, 1.82) is 0 Å². The molecule has 2 N–H and O–H groups in total. The van der Waals surface area contributed by atoms with Gasteiger partial charge in [-0.05, 0) is 24.8 Å². The van der Waals surface area contributed by atoms with Crippen molar-refractivity contribution in [3.05, 3.63) is 12.2 Å². The Hall–Kier alpha value is -1.60. The highest BCUT2D eigenvalue weighted by Crippen LogP contribution is 2.77. The Morgan fingerprint density at radius 1 is 1.02 bits per heavy atom. The van der Waals surface area contributed by atoms with E-state index in [-0.39, 0.29) is 11.8 Å². The van der Waals surface area contributed by atoms with Crippen molar-refractivity contribution < 1.29 is 53.0 Å². The summed E-state index contributed by atoms with van der Waals surface area (Å²) in [5.41, 5.74) is -5.36. The average molecular weight is 605 g/mol. The van der Waals surface area contributed by atoms with E-state index in [1.807, 2.05) is 13.8 Å². The number of esters is 2. The maximum absolute atomic E-state index is 14.2. The number of carbonyl (C=O) groups excluding carboxylic acids is 2. The topological polar surface area (TPSA) is 143 Å². The highest BCUT2D eigenvalue weighted by atomic mass is 16.9. The molecule has 0 aromatic rings. The zero-order valence-electron chi connectivity index (χ0n) is 25.6. The van der Waals surface area contributed by atoms with E-state index in [0.29, 0.717) is 12.0 Å². The first kappa shape index (κ1) is 28.8. The van der Waals surface area contributed by atoms with Crippen molar-refractivity contribution in [3.63, 3.8) is 0 Å². The summed E-state index contributed by atoms with van der Waals surface area (Å²) in [6, 6.07) is 0. The summed E-state index contributed by atoms with van der Waals surface area (Å²) in [7, 11) is 0. The number of ether oxygens (including phenoxy) is 7. The van der Waals surface area contributed by atoms with E-state index in [1.54, 1.807) is 6.92 Å². The number of hydrogen-bond donors (Lipinski definition) is 2. The molecular formula is C32H44O11. The van der Waals surface area contributed by atoms with Crippen LogP contribution in [-0.2, 0) is 42.7 Å². The molecule has 0 amide bonds. The molecule has 11 nitrogen and oxygen atoms in total. The maximum Gasteiger partial charge on any atom is 0.344 e. The van der Waals surface area contributed by atoms with Gasteiger partial charge in [0.2, 0.25) is 11.4 Å². The minimum atomic E-state index is -1.89. The molecule has 6 saturated heterocycles. The molecule has 0 radical (unpaired) electrons. The van der Waals surface area contributed by atoms with Crippen molar-refractivity contribution in [2.24, 2.45) is 29.6 Å². The van der Waals surface area contributed by atoms with Crippen LogP contribution in [0.3, 0.4) is 0 Å². The zero-order chi connectivity index (χ0) is 30.5. The Labute approximate surface area is 251 Å². The smallest absolute Gasteiger partial charge is 0.344 e. The number of carbonyl (C=O) groups is 2. The molecule has 8 aliphatic rings. The first-order valence-corrected chi connectivity index (χ1v) is 16.1. The molecular weight excluding hydrogens is 560 g/mol. The Morgan fingerprint density at radius 2 is 1.74 bits per heavy atom. The maximum atomic E-state index is 14.2. The van der Waals surface area contributed by atoms with Crippen LogP contribution in [0.25, 0.3) is 0 Å². The minimum Gasteiger partial charge on any atom is -0.459 e. The summed E-state index contributed by atoms with van der Waals surface area (Å²) >= 11 is 0. The fourth-order valence-electron chi connectivity index (χ4n) is 11.1. The van der Waals surface area contributed by atoms with Crippen LogP contribution in [0.1, 0.15) is 79.6 Å². The molecule has 6 heterocycles. The third-order valence-electron chi connectivity index (χ3n) is 12.6. The van der Waals surface area contributed by atoms with Crippen LogP contribution in [0, 0.1) is 29.6 Å². The van der Waals surface area contributed by atoms with E-state index < -0.39 is 94.9 Å². The second-order valence-electron chi connectivity index (χ2n) is 14.8. The van der Waals surface area contributed by atoms with Crippen LogP contribution in [0.15, 0.2) is 12.2 Å². The molecule has 2 aliphatic carbocycles. The van der Waals surface area contributed by atoms with E-state index in [2.05, 4.69) is 13.5 Å². The molecule has 8 fully saturated rings. The van der Waals surface area contributed by atoms with Crippen LogP contribution < -0.4 is 0 Å². The van der Waals surface area contributed by atoms with Crippen LogP contribution in [-0.4, -0.2) is 87.3 Å². The van der Waals surface area contributed by atoms with Gasteiger partial charge in [-0.1, -0.05) is 52.5 Å². The summed E-state index contributed by atoms with van der Waals surface area (Å²) < 4.78 is 46.5. The van der Waals surface area contributed by atoms with E-state index in [0.717, 1.165) is 38.5 Å². The zero-order valence-corrected chi connectivity index (χ0v) is 25.6. The molecule has 43 heavy (non-hydrogen) atoms. The summed E-state index contributed by atoms with van der Waals surface area (Å²) in [6.45, 7) is 12.9. The standard InChI is InChI=1S/C32H44O11/c1-15(2)30-22(37-18(5)34)17(4)31-20-23-28(14-33,38-23)25(35)32-21(31)19(27(6,41-32)40-26(32)36)16(3)12-10-8-7-9-11-13-29(42-30,43-31)39-24(20)30/h16-17,19-25,33,35H,1,7-14H2,2-6H3/t16-,17-,19-,20+,21?,22-,23+,24-,25-,27+,28+,29+,30+,31-,32+/m1/s1. The number of fused-ring (bicyclic) bond motifs is 3. The van der Waals surface area contributed by atoms with Crippen molar-refractivity contribution in [2.75, 3.05) is 6.61 Å². The molecule has 6 aliphatic heterocycles. The Balaban J connectivity index is 1.45. The lowest BCUT2D eigenvalue weighted by Gasteiger charge is -2.63. The number of aliphatic hydroxyl groups is 2. The Kier molecular flexibility index (Phi) is 5.77. The second-order valence-corrected chi connectivity index (χ2v) is 14.8. The van der Waals surface area contributed by atoms with Gasteiger partial charge < -0.3 is 43.4 Å². The average Bonchev–Trinajstić information content (AvgIpc) is 3.43. The predicted octanol–water partition coefficient (Wildman–Crippen LogP) is 2.50. The molecule has 11 heteroatoms. The van der Waals surface area contributed by atoms with Crippen molar-refractivity contribution in [2.45, 2.75) is 138 Å². The van der Waals surface area contributed by atoms with Gasteiger partial charge in [0.15, 0.2) is 5.60 Å². The van der Waals surface area contributed by atoms with Crippen LogP contribution in [0.2, 0.25) is 0 Å². The molecule has 0 aromatic carbocycles. The first-order chi connectivity index (χ1) is 20.3.